The largest absolute Gasteiger partial charge is 0.484 e. The highest BCUT2D eigenvalue weighted by molar-refractivity contribution is 5.75. The predicted molar refractivity (Wildman–Crippen MR) is 120 cm³/mol. The Balaban J connectivity index is 1.83. The summed E-state index contributed by atoms with van der Waals surface area (Å²) < 4.78 is 11.1. The van der Waals surface area contributed by atoms with Gasteiger partial charge in [-0.05, 0) is 57.0 Å². The minimum Gasteiger partial charge on any atom is -0.484 e. The first-order chi connectivity index (χ1) is 14.6. The molecular weight excluding hydrogens is 394 g/mol. The minimum atomic E-state index is -0.548. The van der Waals surface area contributed by atoms with Gasteiger partial charge in [0.25, 0.3) is 5.91 Å². The average molecular weight is 426 g/mol. The number of para-hydroxylation sites is 1. The number of amides is 2. The third kappa shape index (κ3) is 6.13. The van der Waals surface area contributed by atoms with E-state index < -0.39 is 11.5 Å². The summed E-state index contributed by atoms with van der Waals surface area (Å²) in [6.07, 6.45) is -0.307. The fourth-order valence-corrected chi connectivity index (χ4v) is 3.63. The maximum atomic E-state index is 12.9. The van der Waals surface area contributed by atoms with E-state index in [0.29, 0.717) is 25.4 Å². The molecule has 0 spiro atoms. The van der Waals surface area contributed by atoms with Crippen molar-refractivity contribution in [3.8, 4) is 5.75 Å². The second kappa shape index (κ2) is 9.29. The average Bonchev–Trinajstić information content (AvgIpc) is 2.82. The third-order valence-corrected chi connectivity index (χ3v) is 4.97. The second-order valence-corrected chi connectivity index (χ2v) is 8.87. The van der Waals surface area contributed by atoms with Crippen LogP contribution in [0.15, 0.2) is 48.5 Å². The van der Waals surface area contributed by atoms with Crippen LogP contribution < -0.4 is 15.4 Å². The molecule has 0 bridgehead atoms. The third-order valence-electron chi connectivity index (χ3n) is 4.97. The maximum Gasteiger partial charge on any atom is 0.410 e. The van der Waals surface area contributed by atoms with Crippen molar-refractivity contribution in [2.45, 2.75) is 52.4 Å². The monoisotopic (exact) mass is 425 g/mol. The Bertz CT molecular complexity index is 938. The molecule has 1 atom stereocenters. The highest BCUT2D eigenvalue weighted by atomic mass is 16.6. The summed E-state index contributed by atoms with van der Waals surface area (Å²) in [5.74, 6) is 0.0887. The number of carbonyl (C=O) groups is 2. The molecule has 1 aliphatic heterocycles. The maximum absolute atomic E-state index is 12.9. The topological polar surface area (TPSA) is 85.1 Å². The van der Waals surface area contributed by atoms with E-state index in [9.17, 15) is 9.59 Å². The Kier molecular flexibility index (Phi) is 6.73. The molecule has 0 saturated carbocycles. The van der Waals surface area contributed by atoms with Crippen LogP contribution in [0.3, 0.4) is 0 Å². The van der Waals surface area contributed by atoms with Crippen molar-refractivity contribution in [3.63, 3.8) is 0 Å². The lowest BCUT2D eigenvalue weighted by Gasteiger charge is -2.32. The van der Waals surface area contributed by atoms with Gasteiger partial charge < -0.3 is 20.1 Å². The molecule has 1 aliphatic rings. The van der Waals surface area contributed by atoms with Gasteiger partial charge in [0.05, 0.1) is 12.6 Å². The van der Waals surface area contributed by atoms with Crippen LogP contribution in [-0.2, 0) is 22.6 Å². The van der Waals surface area contributed by atoms with Gasteiger partial charge in [0.1, 0.15) is 11.4 Å². The van der Waals surface area contributed by atoms with E-state index >= 15 is 0 Å². The Morgan fingerprint density at radius 3 is 2.58 bits per heavy atom. The van der Waals surface area contributed by atoms with Gasteiger partial charge in [0.2, 0.25) is 0 Å². The van der Waals surface area contributed by atoms with Gasteiger partial charge in [-0.25, -0.2) is 4.79 Å². The van der Waals surface area contributed by atoms with Crippen LogP contribution in [0, 0.1) is 0 Å². The number of hydrogen-bond donors (Lipinski definition) is 1. The lowest BCUT2D eigenvalue weighted by atomic mass is 10.1. The van der Waals surface area contributed by atoms with Crippen LogP contribution >= 0.6 is 0 Å². The fourth-order valence-electron chi connectivity index (χ4n) is 3.63. The van der Waals surface area contributed by atoms with Gasteiger partial charge in [-0.15, -0.1) is 0 Å². The molecule has 2 amide bonds. The first-order valence-corrected chi connectivity index (χ1v) is 10.4. The lowest BCUT2D eigenvalue weighted by Crippen LogP contribution is -2.44. The number of carbonyl (C=O) groups excluding carboxylic acids is 2. The predicted octanol–water partition coefficient (Wildman–Crippen LogP) is 3.70. The summed E-state index contributed by atoms with van der Waals surface area (Å²) in [7, 11) is 0. The number of nitrogens with zero attached hydrogens (tertiary/aromatic N) is 2. The van der Waals surface area contributed by atoms with Gasteiger partial charge in [-0.2, -0.15) is 0 Å². The molecule has 166 valence electrons. The van der Waals surface area contributed by atoms with E-state index in [1.165, 1.54) is 0 Å². The molecule has 2 aromatic carbocycles. The van der Waals surface area contributed by atoms with E-state index in [1.807, 2.05) is 64.1 Å². The molecule has 31 heavy (non-hydrogen) atoms. The van der Waals surface area contributed by atoms with Crippen molar-refractivity contribution in [3.05, 3.63) is 59.7 Å². The molecule has 0 aliphatic carbocycles. The molecule has 7 nitrogen and oxygen atoms in total. The molecule has 0 unspecified atom stereocenters. The zero-order valence-corrected chi connectivity index (χ0v) is 18.6. The minimum absolute atomic E-state index is 0.0449. The van der Waals surface area contributed by atoms with E-state index in [4.69, 9.17) is 15.2 Å². The number of ether oxygens (including phenoxy) is 2. The first kappa shape index (κ1) is 22.5. The number of fused-ring (bicyclic) bond motifs is 1. The summed E-state index contributed by atoms with van der Waals surface area (Å²) in [6.45, 7) is 9.29. The second-order valence-electron chi connectivity index (χ2n) is 8.87. The highest BCUT2D eigenvalue weighted by Crippen LogP contribution is 2.30. The number of primary amides is 1. The number of nitrogens with two attached hydrogens (primary N) is 1. The van der Waals surface area contributed by atoms with Crippen molar-refractivity contribution >= 4 is 17.7 Å². The summed E-state index contributed by atoms with van der Waals surface area (Å²) in [5.41, 5.74) is 7.82. The highest BCUT2D eigenvalue weighted by Gasteiger charge is 2.31. The summed E-state index contributed by atoms with van der Waals surface area (Å²) in [6, 6.07) is 15.7. The standard InChI is InChI=1S/C24H31N3O4/c1-17-13-26(14-18-8-7-10-20(12-18)30-16-22(25)28)21-11-6-5-9-19(21)15-27(17)23(29)31-24(2,3)4/h5-12,17H,13-16H2,1-4H3,(H2,25,28)/t17-/m0/s1. The van der Waals surface area contributed by atoms with Gasteiger partial charge in [-0.1, -0.05) is 30.3 Å². The van der Waals surface area contributed by atoms with Crippen molar-refractivity contribution in [2.24, 2.45) is 5.73 Å². The number of anilines is 1. The Labute approximate surface area is 183 Å². The van der Waals surface area contributed by atoms with Crippen LogP contribution in [-0.4, -0.2) is 41.7 Å². The van der Waals surface area contributed by atoms with E-state index in [-0.39, 0.29) is 18.7 Å². The Morgan fingerprint density at radius 2 is 1.87 bits per heavy atom. The van der Waals surface area contributed by atoms with E-state index in [1.54, 1.807) is 11.0 Å². The van der Waals surface area contributed by atoms with Gasteiger partial charge >= 0.3 is 6.09 Å². The van der Waals surface area contributed by atoms with Gasteiger partial charge in [-0.3, -0.25) is 9.69 Å². The van der Waals surface area contributed by atoms with Crippen LogP contribution in [0.5, 0.6) is 5.75 Å². The van der Waals surface area contributed by atoms with Gasteiger partial charge in [0, 0.05) is 18.8 Å². The number of hydrogen-bond acceptors (Lipinski definition) is 5. The number of rotatable bonds is 5. The molecule has 0 fully saturated rings. The van der Waals surface area contributed by atoms with E-state index in [0.717, 1.165) is 16.8 Å². The van der Waals surface area contributed by atoms with Crippen molar-refractivity contribution in [1.29, 1.82) is 0 Å². The zero-order valence-electron chi connectivity index (χ0n) is 18.6. The molecule has 0 aromatic heterocycles. The molecule has 1 heterocycles. The van der Waals surface area contributed by atoms with Crippen LogP contribution in [0.4, 0.5) is 10.5 Å². The normalized spacial score (nSPS) is 16.3. The van der Waals surface area contributed by atoms with Crippen molar-refractivity contribution in [2.75, 3.05) is 18.1 Å². The Morgan fingerprint density at radius 1 is 1.13 bits per heavy atom. The van der Waals surface area contributed by atoms with Crippen LogP contribution in [0.1, 0.15) is 38.8 Å². The number of benzene rings is 2. The van der Waals surface area contributed by atoms with E-state index in [2.05, 4.69) is 11.0 Å². The fraction of sp³-hybridized carbons (Fsp3) is 0.417. The molecule has 3 rings (SSSR count). The zero-order chi connectivity index (χ0) is 22.6. The molecule has 2 N–H and O–H groups in total. The molecule has 0 saturated heterocycles. The van der Waals surface area contributed by atoms with Crippen molar-refractivity contribution < 1.29 is 19.1 Å². The van der Waals surface area contributed by atoms with Crippen LogP contribution in [0.2, 0.25) is 0 Å². The molecule has 7 heteroatoms. The van der Waals surface area contributed by atoms with Gasteiger partial charge in [0.15, 0.2) is 6.61 Å². The summed E-state index contributed by atoms with van der Waals surface area (Å²) in [4.78, 5) is 27.9. The SMILES string of the molecule is C[C@H]1CN(Cc2cccc(OCC(N)=O)c2)c2ccccc2CN1C(=O)OC(C)(C)C. The van der Waals surface area contributed by atoms with Crippen LogP contribution in [0.25, 0.3) is 0 Å². The molecule has 2 aromatic rings. The molecule has 0 radical (unpaired) electrons. The Hall–Kier alpha value is -3.22. The summed E-state index contributed by atoms with van der Waals surface area (Å²) >= 11 is 0. The quantitative estimate of drug-likeness (QED) is 0.790. The summed E-state index contributed by atoms with van der Waals surface area (Å²) in [5, 5.41) is 0. The van der Waals surface area contributed by atoms with Crippen molar-refractivity contribution in [1.82, 2.24) is 4.90 Å². The smallest absolute Gasteiger partial charge is 0.410 e. The first-order valence-electron chi connectivity index (χ1n) is 10.4. The molecular formula is C24H31N3O4. The lowest BCUT2D eigenvalue weighted by molar-refractivity contribution is -0.119.